The first-order valence-corrected chi connectivity index (χ1v) is 10.2. The number of aromatic nitrogens is 2. The Morgan fingerprint density at radius 3 is 2.72 bits per heavy atom. The fourth-order valence-corrected chi connectivity index (χ4v) is 3.76. The quantitative estimate of drug-likeness (QED) is 0.562. The van der Waals surface area contributed by atoms with Crippen LogP contribution in [0.5, 0.6) is 0 Å². The van der Waals surface area contributed by atoms with Crippen molar-refractivity contribution in [3.63, 3.8) is 0 Å². The molecule has 6 nitrogen and oxygen atoms in total. The van der Waals surface area contributed by atoms with Crippen molar-refractivity contribution in [2.24, 2.45) is 4.99 Å². The molecule has 2 heterocycles. The van der Waals surface area contributed by atoms with E-state index in [0.717, 1.165) is 46.9 Å². The van der Waals surface area contributed by atoms with Crippen LogP contribution in [-0.4, -0.2) is 48.1 Å². The number of methoxy groups -OCH3 is 1. The van der Waals surface area contributed by atoms with Gasteiger partial charge in [-0.25, -0.2) is 9.97 Å². The third-order valence-corrected chi connectivity index (χ3v) is 5.54. The number of hydrogen-bond acceptors (Lipinski definition) is 6. The van der Waals surface area contributed by atoms with Gasteiger partial charge in [-0.1, -0.05) is 0 Å². The Morgan fingerprint density at radius 2 is 2.08 bits per heavy atom. The first-order chi connectivity index (χ1) is 12.0. The summed E-state index contributed by atoms with van der Waals surface area (Å²) in [6.45, 7) is 8.39. The Labute approximate surface area is 158 Å². The van der Waals surface area contributed by atoms with Crippen molar-refractivity contribution in [2.45, 2.75) is 39.8 Å². The molecule has 2 aromatic rings. The molecule has 1 N–H and O–H groups in total. The van der Waals surface area contributed by atoms with Crippen LogP contribution in [0.15, 0.2) is 15.8 Å². The van der Waals surface area contributed by atoms with Crippen LogP contribution in [0.25, 0.3) is 0 Å². The first kappa shape index (κ1) is 19.8. The molecule has 0 radical (unpaired) electrons. The highest BCUT2D eigenvalue weighted by Gasteiger charge is 2.12. The van der Waals surface area contributed by atoms with Crippen molar-refractivity contribution in [3.05, 3.63) is 32.2 Å². The first-order valence-electron chi connectivity index (χ1n) is 8.41. The van der Waals surface area contributed by atoms with Gasteiger partial charge in [-0.05, 0) is 20.8 Å². The van der Waals surface area contributed by atoms with E-state index >= 15 is 0 Å². The van der Waals surface area contributed by atoms with Crippen LogP contribution in [-0.2, 0) is 17.7 Å². The predicted octanol–water partition coefficient (Wildman–Crippen LogP) is 3.26. The van der Waals surface area contributed by atoms with Gasteiger partial charge >= 0.3 is 0 Å². The second kappa shape index (κ2) is 9.84. The molecule has 0 aliphatic heterocycles. The van der Waals surface area contributed by atoms with Crippen LogP contribution >= 0.6 is 22.7 Å². The minimum absolute atomic E-state index is 0.0347. The fraction of sp³-hybridized carbons (Fsp3) is 0.588. The molecule has 8 heteroatoms. The normalized spacial score (nSPS) is 13.1. The zero-order valence-electron chi connectivity index (χ0n) is 15.6. The lowest BCUT2D eigenvalue weighted by Gasteiger charge is -2.21. The highest BCUT2D eigenvalue weighted by atomic mass is 32.1. The van der Waals surface area contributed by atoms with Crippen molar-refractivity contribution in [3.8, 4) is 0 Å². The molecule has 0 fully saturated rings. The summed E-state index contributed by atoms with van der Waals surface area (Å²) >= 11 is 3.32. The fourth-order valence-electron chi connectivity index (χ4n) is 2.27. The molecule has 0 aliphatic rings. The number of rotatable bonds is 8. The number of aryl methyl sites for hydroxylation is 1. The Bertz CT molecular complexity index is 682. The largest absolute Gasteiger partial charge is 0.375 e. The number of guanidine groups is 1. The average Bonchev–Trinajstić information content (AvgIpc) is 3.22. The zero-order chi connectivity index (χ0) is 18.2. The van der Waals surface area contributed by atoms with Crippen molar-refractivity contribution < 1.29 is 4.74 Å². The van der Waals surface area contributed by atoms with Gasteiger partial charge in [0.05, 0.1) is 22.9 Å². The van der Waals surface area contributed by atoms with Crippen LogP contribution in [0.1, 0.15) is 41.4 Å². The molecule has 0 aliphatic carbocycles. The van der Waals surface area contributed by atoms with Gasteiger partial charge in [-0.3, -0.25) is 4.99 Å². The lowest BCUT2D eigenvalue weighted by Crippen LogP contribution is -2.38. The van der Waals surface area contributed by atoms with Crippen LogP contribution in [0.2, 0.25) is 0 Å². The monoisotopic (exact) mass is 381 g/mol. The Balaban J connectivity index is 1.95. The van der Waals surface area contributed by atoms with Crippen LogP contribution in [0.4, 0.5) is 0 Å². The van der Waals surface area contributed by atoms with E-state index in [1.54, 1.807) is 29.8 Å². The van der Waals surface area contributed by atoms with Crippen molar-refractivity contribution >= 4 is 28.6 Å². The molecule has 0 saturated heterocycles. The third kappa shape index (κ3) is 6.05. The number of nitrogens with zero attached hydrogens (tertiary/aromatic N) is 4. The van der Waals surface area contributed by atoms with Gasteiger partial charge in [-0.15, -0.1) is 22.7 Å². The summed E-state index contributed by atoms with van der Waals surface area (Å²) < 4.78 is 5.33. The topological polar surface area (TPSA) is 62.6 Å². The molecular formula is C17H27N5OS2. The van der Waals surface area contributed by atoms with Crippen molar-refractivity contribution in [2.75, 3.05) is 27.2 Å². The summed E-state index contributed by atoms with van der Waals surface area (Å²) in [5, 5.41) is 9.65. The molecule has 0 aromatic carbocycles. The summed E-state index contributed by atoms with van der Waals surface area (Å²) in [6.07, 6.45) is 0.895. The van der Waals surface area contributed by atoms with Gasteiger partial charge in [0.2, 0.25) is 0 Å². The second-order valence-corrected chi connectivity index (χ2v) is 7.71. The van der Waals surface area contributed by atoms with Gasteiger partial charge in [0.15, 0.2) is 5.96 Å². The van der Waals surface area contributed by atoms with Crippen molar-refractivity contribution in [1.29, 1.82) is 0 Å². The Morgan fingerprint density at radius 1 is 1.32 bits per heavy atom. The van der Waals surface area contributed by atoms with E-state index in [1.807, 2.05) is 20.9 Å². The molecule has 2 rings (SSSR count). The maximum Gasteiger partial charge on any atom is 0.194 e. The molecule has 1 atom stereocenters. The number of ether oxygens (including phenoxy) is 1. The summed E-state index contributed by atoms with van der Waals surface area (Å²) in [7, 11) is 3.74. The number of thiazole rings is 2. The molecule has 138 valence electrons. The lowest BCUT2D eigenvalue weighted by atomic mass is 10.3. The van der Waals surface area contributed by atoms with E-state index in [0.29, 0.717) is 6.54 Å². The average molecular weight is 382 g/mol. The number of hydrogen-bond donors (Lipinski definition) is 1. The SMILES string of the molecule is CCNC(=NCCc1csc(C)n1)N(C)Cc1csc(C(C)OC)n1. The van der Waals surface area contributed by atoms with E-state index in [4.69, 9.17) is 9.73 Å². The number of nitrogens with one attached hydrogen (secondary N) is 1. The maximum atomic E-state index is 5.33. The summed E-state index contributed by atoms with van der Waals surface area (Å²) in [5.74, 6) is 0.892. The second-order valence-electron chi connectivity index (χ2n) is 5.75. The summed E-state index contributed by atoms with van der Waals surface area (Å²) in [4.78, 5) is 16.0. The Kier molecular flexibility index (Phi) is 7.80. The van der Waals surface area contributed by atoms with Gasteiger partial charge < -0.3 is 15.0 Å². The lowest BCUT2D eigenvalue weighted by molar-refractivity contribution is 0.119. The standard InChI is InChI=1S/C17H27N5OS2/c1-6-18-17(19-8-7-14-10-24-13(3)20-14)22(4)9-15-11-25-16(21-15)12(2)23-5/h10-12H,6-9H2,1-5H3,(H,18,19). The maximum absolute atomic E-state index is 5.33. The molecule has 25 heavy (non-hydrogen) atoms. The molecule has 0 spiro atoms. The van der Waals surface area contributed by atoms with Crippen LogP contribution in [0, 0.1) is 6.92 Å². The van der Waals surface area contributed by atoms with Crippen molar-refractivity contribution in [1.82, 2.24) is 20.2 Å². The molecule has 0 amide bonds. The van der Waals surface area contributed by atoms with Gasteiger partial charge in [0, 0.05) is 44.4 Å². The van der Waals surface area contributed by atoms with E-state index < -0.39 is 0 Å². The van der Waals surface area contributed by atoms with Gasteiger partial charge in [-0.2, -0.15) is 0 Å². The van der Waals surface area contributed by atoms with E-state index in [-0.39, 0.29) is 6.10 Å². The molecule has 0 saturated carbocycles. The zero-order valence-corrected chi connectivity index (χ0v) is 17.2. The van der Waals surface area contributed by atoms with Gasteiger partial charge in [0.1, 0.15) is 11.1 Å². The molecule has 1 unspecified atom stereocenters. The minimum atomic E-state index is 0.0347. The molecule has 2 aromatic heterocycles. The van der Waals surface area contributed by atoms with E-state index in [1.165, 1.54) is 0 Å². The molecule has 0 bridgehead atoms. The van der Waals surface area contributed by atoms with Crippen LogP contribution in [0.3, 0.4) is 0 Å². The minimum Gasteiger partial charge on any atom is -0.375 e. The van der Waals surface area contributed by atoms with Gasteiger partial charge in [0.25, 0.3) is 0 Å². The smallest absolute Gasteiger partial charge is 0.194 e. The third-order valence-electron chi connectivity index (χ3n) is 3.66. The summed E-state index contributed by atoms with van der Waals surface area (Å²) in [5.41, 5.74) is 2.15. The highest BCUT2D eigenvalue weighted by Crippen LogP contribution is 2.20. The van der Waals surface area contributed by atoms with E-state index in [2.05, 4.69) is 37.9 Å². The highest BCUT2D eigenvalue weighted by molar-refractivity contribution is 7.09. The molecular weight excluding hydrogens is 354 g/mol. The predicted molar refractivity (Wildman–Crippen MR) is 106 cm³/mol. The summed E-state index contributed by atoms with van der Waals surface area (Å²) in [6, 6.07) is 0. The van der Waals surface area contributed by atoms with E-state index in [9.17, 15) is 0 Å². The number of aliphatic imine (C=N–C) groups is 1. The Hall–Kier alpha value is -1.51. The van der Waals surface area contributed by atoms with Crippen LogP contribution < -0.4 is 5.32 Å².